The molecule has 2 radical (unpaired) electrons. The van der Waals surface area contributed by atoms with Crippen LogP contribution in [0.5, 0.6) is 0 Å². The fourth-order valence-electron chi connectivity index (χ4n) is 15.6. The molecule has 0 unspecified atom stereocenters. The van der Waals surface area contributed by atoms with E-state index in [2.05, 4.69) is 203 Å². The van der Waals surface area contributed by atoms with Gasteiger partial charge in [-0.05, 0) is 18.1 Å². The minimum Gasteiger partial charge on any atom is -0.426 e. The molecule has 0 saturated heterocycles. The van der Waals surface area contributed by atoms with Gasteiger partial charge in [0.25, 0.3) is 0 Å². The Labute approximate surface area is 360 Å². The van der Waals surface area contributed by atoms with Crippen LogP contribution >= 0.6 is 11.2 Å². The lowest BCUT2D eigenvalue weighted by atomic mass is 10.4. The van der Waals surface area contributed by atoms with Gasteiger partial charge in [0.05, 0.1) is 15.2 Å². The molecule has 0 amide bonds. The molecule has 0 aromatic heterocycles. The molecule has 1 saturated carbocycles. The van der Waals surface area contributed by atoms with E-state index in [1.807, 2.05) is 0 Å². The van der Waals surface area contributed by atoms with Crippen molar-refractivity contribution in [1.82, 2.24) is 0 Å². The van der Waals surface area contributed by atoms with Crippen molar-refractivity contribution < 1.29 is 4.43 Å². The first-order valence-corrected chi connectivity index (χ1v) is 63.1. The average molecular weight is 968 g/mol. The molecule has 1 fully saturated rings. The van der Waals surface area contributed by atoms with Crippen molar-refractivity contribution in [2.45, 2.75) is 246 Å². The van der Waals surface area contributed by atoms with Crippen molar-refractivity contribution in [3.8, 4) is 0 Å². The topological polar surface area (TPSA) is 9.23 Å². The summed E-state index contributed by atoms with van der Waals surface area (Å²) in [6.45, 7) is 79.9. The van der Waals surface area contributed by atoms with Crippen LogP contribution in [0.1, 0.15) is 53.4 Å². The van der Waals surface area contributed by atoms with Gasteiger partial charge in [-0.25, -0.2) is 0 Å². The monoisotopic (exact) mass is 966 g/mol. The highest BCUT2D eigenvalue weighted by molar-refractivity contribution is 8.39. The SMILES string of the molecule is CO[Si]([Si](SC1CCCC1)[Si](C(C)C)(C([Si](C)(C)C)[Si](C)(C)C)C([Si](C)(C)C)[Si](C)(C)C)[Si](C(C)C)(C([Si](C)(C)C)[Si](C)(C)C)C([Si](C)(C)C)[Si](C)(C)C. The van der Waals surface area contributed by atoms with Crippen molar-refractivity contribution >= 4 is 106 Å². The number of hydrogen-bond donors (Lipinski definition) is 0. The van der Waals surface area contributed by atoms with E-state index in [1.165, 1.54) is 25.7 Å². The van der Waals surface area contributed by atoms with Crippen molar-refractivity contribution in [3.63, 3.8) is 0 Å². The van der Waals surface area contributed by atoms with Crippen LogP contribution in [-0.4, -0.2) is 107 Å². The Bertz CT molecular complexity index is 1060. The summed E-state index contributed by atoms with van der Waals surface area (Å²) in [4.78, 5) is 4.11. The van der Waals surface area contributed by atoms with Crippen LogP contribution in [0.15, 0.2) is 0 Å². The van der Waals surface area contributed by atoms with Gasteiger partial charge in [0.15, 0.2) is 8.08 Å². The molecule has 1 rings (SSSR count). The lowest BCUT2D eigenvalue weighted by molar-refractivity contribution is 0.444. The zero-order valence-corrected chi connectivity index (χ0v) is 55.5. The maximum Gasteiger partial charge on any atom is 0.191 e. The van der Waals surface area contributed by atoms with E-state index in [9.17, 15) is 0 Å². The zero-order valence-electron chi connectivity index (χ0n) is 42.7. The van der Waals surface area contributed by atoms with E-state index in [1.54, 1.807) is 0 Å². The molecule has 0 aromatic carbocycles. The Morgan fingerprint density at radius 3 is 0.815 bits per heavy atom. The highest BCUT2D eigenvalue weighted by Gasteiger charge is 2.75. The summed E-state index contributed by atoms with van der Waals surface area (Å²) in [5, 5.41) is 0.890. The highest BCUT2D eigenvalue weighted by atomic mass is 32.4. The molecule has 54 heavy (non-hydrogen) atoms. The minimum absolute atomic E-state index is 0.802. The van der Waals surface area contributed by atoms with E-state index in [4.69, 9.17) is 4.43 Å². The maximum atomic E-state index is 8.17. The summed E-state index contributed by atoms with van der Waals surface area (Å²) in [7, 11) is -16.0. The van der Waals surface area contributed by atoms with Gasteiger partial charge in [-0.2, -0.15) is 11.2 Å². The van der Waals surface area contributed by atoms with E-state index in [0.717, 1.165) is 35.5 Å². The van der Waals surface area contributed by atoms with E-state index in [0.29, 0.717) is 0 Å². The second kappa shape index (κ2) is 18.3. The van der Waals surface area contributed by atoms with Crippen LogP contribution in [0.3, 0.4) is 0 Å². The molecular formula is C40H102OSSi12. The summed E-state index contributed by atoms with van der Waals surface area (Å²) < 4.78 is 8.17. The third-order valence-corrected chi connectivity index (χ3v) is 137. The summed E-state index contributed by atoms with van der Waals surface area (Å²) in [5.74, 6) is 0. The first-order chi connectivity index (χ1) is 23.5. The lowest BCUT2D eigenvalue weighted by Gasteiger charge is -2.68. The molecule has 0 bridgehead atoms. The van der Waals surface area contributed by atoms with Gasteiger partial charge >= 0.3 is 0 Å². The molecule has 0 N–H and O–H groups in total. The van der Waals surface area contributed by atoms with Gasteiger partial charge in [0.2, 0.25) is 0 Å². The van der Waals surface area contributed by atoms with E-state index < -0.39 is 94.8 Å². The van der Waals surface area contributed by atoms with E-state index >= 15 is 0 Å². The van der Waals surface area contributed by atoms with Crippen LogP contribution in [-0.2, 0) is 4.43 Å². The third-order valence-electron chi connectivity index (χ3n) is 13.5. The number of hydrogen-bond acceptors (Lipinski definition) is 2. The van der Waals surface area contributed by atoms with Gasteiger partial charge in [-0.15, -0.1) is 0 Å². The quantitative estimate of drug-likeness (QED) is 0.112. The Kier molecular flexibility index (Phi) is 18.6. The Hall–Kier alpha value is 2.91. The molecule has 1 nitrogen and oxygen atoms in total. The fraction of sp³-hybridized carbons (Fsp3) is 1.00. The molecule has 0 spiro atoms. The second-order valence-electron chi connectivity index (χ2n) is 27.7. The normalized spacial score (nSPS) is 17.7. The zero-order chi connectivity index (χ0) is 43.4. The van der Waals surface area contributed by atoms with Crippen molar-refractivity contribution in [1.29, 1.82) is 0 Å². The van der Waals surface area contributed by atoms with Crippen molar-refractivity contribution in [2.24, 2.45) is 0 Å². The first kappa shape index (κ1) is 54.9. The van der Waals surface area contributed by atoms with Crippen LogP contribution in [0.2, 0.25) is 187 Å². The summed E-state index contributed by atoms with van der Waals surface area (Å²) >= 11 is 2.83. The molecule has 322 valence electrons. The Morgan fingerprint density at radius 2 is 0.630 bits per heavy atom. The Morgan fingerprint density at radius 1 is 0.407 bits per heavy atom. The molecular weight excluding hydrogens is 866 g/mol. The van der Waals surface area contributed by atoms with Gasteiger partial charge in [0, 0.05) is 71.7 Å². The first-order valence-electron chi connectivity index (χ1n) is 22.5. The molecule has 14 heteroatoms. The summed E-state index contributed by atoms with van der Waals surface area (Å²) in [5.41, 5.74) is 1.64. The molecule has 0 aromatic rings. The molecule has 0 atom stereocenters. The van der Waals surface area contributed by atoms with E-state index in [-0.39, 0.29) is 0 Å². The minimum atomic E-state index is -2.17. The van der Waals surface area contributed by atoms with Crippen LogP contribution < -0.4 is 0 Å². The van der Waals surface area contributed by atoms with Gasteiger partial charge in [0.1, 0.15) is 6.98 Å². The van der Waals surface area contributed by atoms with Crippen molar-refractivity contribution in [3.05, 3.63) is 0 Å². The lowest BCUT2D eigenvalue weighted by Crippen LogP contribution is -2.85. The Balaban J connectivity index is 5.32. The summed E-state index contributed by atoms with van der Waals surface area (Å²) in [6.07, 6.45) is 5.92. The summed E-state index contributed by atoms with van der Waals surface area (Å²) in [6, 6.07) is 0. The van der Waals surface area contributed by atoms with Crippen LogP contribution in [0, 0.1) is 0 Å². The predicted molar refractivity (Wildman–Crippen MR) is 292 cm³/mol. The largest absolute Gasteiger partial charge is 0.426 e. The third kappa shape index (κ3) is 11.9. The standard InChI is InChI=1S/C40H102OSSi12/c1-34(2)53(37(45(6,7)8)46(9,10)11,38(47(12,13)14)48(15,16)17)43(41-5)44(42-36-32-30-31-33-36)54(35(3)4,39(49(18,19)20)50(21,22)23)40(51(24,25)26)52(27,28)29/h34-40H,30-33H2,1-29H3. The average Bonchev–Trinajstić information content (AvgIpc) is 3.33. The van der Waals surface area contributed by atoms with Gasteiger partial charge < -0.3 is 4.43 Å². The molecule has 1 aliphatic carbocycles. The predicted octanol–water partition coefficient (Wildman–Crippen LogP) is 15.7. The molecule has 0 aliphatic heterocycles. The smallest absolute Gasteiger partial charge is 0.191 e. The molecule has 0 heterocycles. The maximum absolute atomic E-state index is 8.17. The number of rotatable bonds is 20. The highest BCUT2D eigenvalue weighted by Crippen LogP contribution is 2.64. The second-order valence-corrected chi connectivity index (χ2v) is 106. The van der Waals surface area contributed by atoms with Crippen LogP contribution in [0.25, 0.3) is 0 Å². The fourth-order valence-corrected chi connectivity index (χ4v) is 242. The van der Waals surface area contributed by atoms with Crippen LogP contribution in [0.4, 0.5) is 0 Å². The molecule has 1 aliphatic rings. The van der Waals surface area contributed by atoms with Gasteiger partial charge in [-0.3, -0.25) is 0 Å². The van der Waals surface area contributed by atoms with Gasteiger partial charge in [-0.1, -0.05) is 228 Å². The van der Waals surface area contributed by atoms with Crippen molar-refractivity contribution in [2.75, 3.05) is 7.11 Å².